The topological polar surface area (TPSA) is 30.7 Å². The number of aromatic nitrogens is 3. The van der Waals surface area contributed by atoms with E-state index in [2.05, 4.69) is 57.7 Å². The number of thioether (sulfide) groups is 1. The number of benzene rings is 3. The molecule has 0 radical (unpaired) electrons. The van der Waals surface area contributed by atoms with Crippen molar-refractivity contribution in [1.82, 2.24) is 14.8 Å². The summed E-state index contributed by atoms with van der Waals surface area (Å²) in [5.74, 6) is 0.843. The van der Waals surface area contributed by atoms with Gasteiger partial charge >= 0.3 is 0 Å². The molecule has 0 spiro atoms. The molecule has 144 valence electrons. The summed E-state index contributed by atoms with van der Waals surface area (Å²) in [6, 6.07) is 28.5. The quantitative estimate of drug-likeness (QED) is 0.248. The molecule has 0 saturated carbocycles. The summed E-state index contributed by atoms with van der Waals surface area (Å²) < 4.78 is 2.11. The smallest absolute Gasteiger partial charge is 0.192 e. The number of rotatable bonds is 7. The highest BCUT2D eigenvalue weighted by Gasteiger charge is 2.21. The highest BCUT2D eigenvalue weighted by molar-refractivity contribution is 7.99. The minimum Gasteiger partial charge on any atom is -0.298 e. The van der Waals surface area contributed by atoms with Crippen molar-refractivity contribution in [3.8, 4) is 11.4 Å². The van der Waals surface area contributed by atoms with E-state index in [1.165, 1.54) is 11.1 Å². The van der Waals surface area contributed by atoms with Gasteiger partial charge in [0.2, 0.25) is 0 Å². The normalized spacial score (nSPS) is 11.9. The highest BCUT2D eigenvalue weighted by Crippen LogP contribution is 2.40. The summed E-state index contributed by atoms with van der Waals surface area (Å²) in [4.78, 5) is 0. The van der Waals surface area contributed by atoms with Crippen molar-refractivity contribution in [1.29, 1.82) is 0 Å². The van der Waals surface area contributed by atoms with Gasteiger partial charge in [-0.2, -0.15) is 0 Å². The number of allylic oxidation sites excluding steroid dienone is 1. The van der Waals surface area contributed by atoms with Crippen LogP contribution in [-0.4, -0.2) is 14.8 Å². The molecule has 0 unspecified atom stereocenters. The van der Waals surface area contributed by atoms with Crippen LogP contribution in [0.2, 0.25) is 5.02 Å². The van der Waals surface area contributed by atoms with Gasteiger partial charge in [-0.1, -0.05) is 102 Å². The third kappa shape index (κ3) is 4.44. The molecule has 29 heavy (non-hydrogen) atoms. The maximum atomic E-state index is 6.12. The van der Waals surface area contributed by atoms with Gasteiger partial charge in [0.15, 0.2) is 11.0 Å². The summed E-state index contributed by atoms with van der Waals surface area (Å²) >= 11 is 7.80. The Hall–Kier alpha value is -2.82. The lowest BCUT2D eigenvalue weighted by atomic mass is 10.0. The van der Waals surface area contributed by atoms with Gasteiger partial charge in [-0.3, -0.25) is 4.57 Å². The largest absolute Gasteiger partial charge is 0.298 e. The minimum absolute atomic E-state index is 0.0739. The maximum Gasteiger partial charge on any atom is 0.192 e. The molecule has 0 bridgehead atoms. The Morgan fingerprint density at radius 3 is 2.14 bits per heavy atom. The number of hydrogen-bond donors (Lipinski definition) is 0. The summed E-state index contributed by atoms with van der Waals surface area (Å²) in [5.41, 5.74) is 3.41. The predicted octanol–water partition coefficient (Wildman–Crippen LogP) is 6.67. The van der Waals surface area contributed by atoms with Crippen molar-refractivity contribution in [2.75, 3.05) is 0 Å². The lowest BCUT2D eigenvalue weighted by molar-refractivity contribution is 0.729. The standard InChI is InChI=1S/C24H20ClN3S/c1-2-17-28-23(20-11-7-4-8-12-20)26-27-24(28)29-22(18-9-5-3-6-10-18)19-13-15-21(25)16-14-19/h2-16,22H,1,17H2/t22-/m1/s1. The van der Waals surface area contributed by atoms with Crippen LogP contribution in [0.5, 0.6) is 0 Å². The SMILES string of the molecule is C=CCn1c(S[C@H](c2ccccc2)c2ccc(Cl)cc2)nnc1-c1ccccc1. The van der Waals surface area contributed by atoms with E-state index in [1.807, 2.05) is 54.6 Å². The van der Waals surface area contributed by atoms with Crippen molar-refractivity contribution in [2.45, 2.75) is 17.0 Å². The molecule has 0 aliphatic heterocycles. The van der Waals surface area contributed by atoms with Crippen LogP contribution in [-0.2, 0) is 6.54 Å². The van der Waals surface area contributed by atoms with Gasteiger partial charge in [0.05, 0.1) is 5.25 Å². The average Bonchev–Trinajstić information content (AvgIpc) is 3.17. The van der Waals surface area contributed by atoms with E-state index in [0.29, 0.717) is 6.54 Å². The second kappa shape index (κ2) is 9.12. The lowest BCUT2D eigenvalue weighted by Crippen LogP contribution is -2.03. The van der Waals surface area contributed by atoms with Crippen molar-refractivity contribution < 1.29 is 0 Å². The second-order valence-electron chi connectivity index (χ2n) is 6.53. The number of hydrogen-bond acceptors (Lipinski definition) is 3. The second-order valence-corrected chi connectivity index (χ2v) is 8.04. The first-order chi connectivity index (χ1) is 14.3. The Balaban J connectivity index is 1.75. The van der Waals surface area contributed by atoms with E-state index in [4.69, 9.17) is 11.6 Å². The molecule has 0 aliphatic carbocycles. The summed E-state index contributed by atoms with van der Waals surface area (Å²) in [6.07, 6.45) is 1.87. The third-order valence-corrected chi connectivity index (χ3v) is 6.10. The maximum absolute atomic E-state index is 6.12. The van der Waals surface area contributed by atoms with E-state index < -0.39 is 0 Å². The molecule has 4 rings (SSSR count). The first-order valence-corrected chi connectivity index (χ1v) is 10.6. The monoisotopic (exact) mass is 417 g/mol. The van der Waals surface area contributed by atoms with Crippen molar-refractivity contribution in [2.24, 2.45) is 0 Å². The molecule has 0 amide bonds. The molecule has 0 saturated heterocycles. The van der Waals surface area contributed by atoms with E-state index in [9.17, 15) is 0 Å². The van der Waals surface area contributed by atoms with Crippen molar-refractivity contribution in [3.05, 3.63) is 114 Å². The fraction of sp³-hybridized carbons (Fsp3) is 0.0833. The van der Waals surface area contributed by atoms with E-state index in [-0.39, 0.29) is 5.25 Å². The van der Waals surface area contributed by atoms with E-state index in [1.54, 1.807) is 11.8 Å². The fourth-order valence-electron chi connectivity index (χ4n) is 3.17. The molecule has 0 N–H and O–H groups in total. The molecule has 4 aromatic rings. The van der Waals surface area contributed by atoms with Crippen LogP contribution in [0, 0.1) is 0 Å². The Kier molecular flexibility index (Phi) is 6.13. The van der Waals surface area contributed by atoms with Gasteiger partial charge in [-0.05, 0) is 23.3 Å². The zero-order valence-electron chi connectivity index (χ0n) is 15.8. The fourth-order valence-corrected chi connectivity index (χ4v) is 4.47. The third-order valence-electron chi connectivity index (χ3n) is 4.56. The molecule has 1 aromatic heterocycles. The average molecular weight is 418 g/mol. The van der Waals surface area contributed by atoms with Crippen molar-refractivity contribution in [3.63, 3.8) is 0 Å². The van der Waals surface area contributed by atoms with Gasteiger partial charge in [-0.25, -0.2) is 0 Å². The van der Waals surface area contributed by atoms with Crippen LogP contribution in [0.25, 0.3) is 11.4 Å². The van der Waals surface area contributed by atoms with Gasteiger partial charge < -0.3 is 0 Å². The Labute approximate surface area is 180 Å². The van der Waals surface area contributed by atoms with Crippen LogP contribution in [0.3, 0.4) is 0 Å². The molecule has 3 nitrogen and oxygen atoms in total. The zero-order chi connectivity index (χ0) is 20.1. The van der Waals surface area contributed by atoms with Crippen LogP contribution in [0.4, 0.5) is 0 Å². The van der Waals surface area contributed by atoms with Gasteiger partial charge in [-0.15, -0.1) is 16.8 Å². The Morgan fingerprint density at radius 2 is 1.48 bits per heavy atom. The number of nitrogens with zero attached hydrogens (tertiary/aromatic N) is 3. The molecule has 3 aromatic carbocycles. The predicted molar refractivity (Wildman–Crippen MR) is 121 cm³/mol. The Morgan fingerprint density at radius 1 is 0.862 bits per heavy atom. The van der Waals surface area contributed by atoms with Crippen LogP contribution < -0.4 is 0 Å². The Bertz CT molecular complexity index is 1080. The molecule has 1 heterocycles. The minimum atomic E-state index is 0.0739. The highest BCUT2D eigenvalue weighted by atomic mass is 35.5. The van der Waals surface area contributed by atoms with E-state index >= 15 is 0 Å². The van der Waals surface area contributed by atoms with Crippen LogP contribution in [0.15, 0.2) is 103 Å². The number of halogens is 1. The zero-order valence-corrected chi connectivity index (χ0v) is 17.4. The molecule has 5 heteroatoms. The van der Waals surface area contributed by atoms with Gasteiger partial charge in [0.25, 0.3) is 0 Å². The van der Waals surface area contributed by atoms with Crippen LogP contribution in [0.1, 0.15) is 16.4 Å². The molecule has 1 atom stereocenters. The lowest BCUT2D eigenvalue weighted by Gasteiger charge is -2.18. The summed E-state index contributed by atoms with van der Waals surface area (Å²) in [6.45, 7) is 4.56. The summed E-state index contributed by atoms with van der Waals surface area (Å²) in [7, 11) is 0. The van der Waals surface area contributed by atoms with Gasteiger partial charge in [0, 0.05) is 17.1 Å². The molecular weight excluding hydrogens is 398 g/mol. The van der Waals surface area contributed by atoms with Crippen molar-refractivity contribution >= 4 is 23.4 Å². The van der Waals surface area contributed by atoms with E-state index in [0.717, 1.165) is 21.6 Å². The van der Waals surface area contributed by atoms with Crippen LogP contribution >= 0.6 is 23.4 Å². The molecular formula is C24H20ClN3S. The molecule has 0 aliphatic rings. The first kappa shape index (κ1) is 19.5. The summed E-state index contributed by atoms with van der Waals surface area (Å²) in [5, 5.41) is 10.7. The van der Waals surface area contributed by atoms with Gasteiger partial charge in [0.1, 0.15) is 0 Å². The molecule has 0 fully saturated rings. The first-order valence-electron chi connectivity index (χ1n) is 9.33.